The Morgan fingerprint density at radius 3 is 2.53 bits per heavy atom. The van der Waals surface area contributed by atoms with Gasteiger partial charge in [0.05, 0.1) is 23.8 Å². The minimum atomic E-state index is -4.60. The van der Waals surface area contributed by atoms with Gasteiger partial charge >= 0.3 is 6.18 Å². The van der Waals surface area contributed by atoms with E-state index in [4.69, 9.17) is 0 Å². The molecule has 4 aromatic heterocycles. The standard InChI is InChI=1S/C22H17F5N8O/c1-10(11-2-5-16(29-7-11)22(25,26)27)35-20-17(14(6-28)33-35)21(36)32-19(31-20)13-3-4-15(13)34-9-12(8-30-34)18(23)24/h2,5,7-10,13,15,18H,3-4H2,1H3,(H,31,32,36). The van der Waals surface area contributed by atoms with Gasteiger partial charge < -0.3 is 4.98 Å². The topological polar surface area (TPSA) is 118 Å². The van der Waals surface area contributed by atoms with E-state index >= 15 is 0 Å². The number of nitrogens with zero attached hydrogens (tertiary/aromatic N) is 7. The zero-order valence-electron chi connectivity index (χ0n) is 18.5. The molecule has 9 nitrogen and oxygen atoms in total. The number of nitrogens with one attached hydrogen (secondary N) is 1. The average molecular weight is 504 g/mol. The van der Waals surface area contributed by atoms with Crippen LogP contribution in [0, 0.1) is 11.3 Å². The first-order valence-corrected chi connectivity index (χ1v) is 10.9. The maximum absolute atomic E-state index is 13.0. The van der Waals surface area contributed by atoms with E-state index in [2.05, 4.69) is 25.1 Å². The summed E-state index contributed by atoms with van der Waals surface area (Å²) in [5.41, 5.74) is -1.61. The number of nitriles is 1. The first kappa shape index (κ1) is 23.6. The Balaban J connectivity index is 1.54. The van der Waals surface area contributed by atoms with Crippen molar-refractivity contribution in [2.24, 2.45) is 0 Å². The molecule has 14 heteroatoms. The number of hydrogen-bond acceptors (Lipinski definition) is 6. The van der Waals surface area contributed by atoms with Gasteiger partial charge in [-0.25, -0.2) is 18.4 Å². The normalized spacial score (nSPS) is 18.8. The second-order valence-electron chi connectivity index (χ2n) is 8.51. The molecule has 0 radical (unpaired) electrons. The summed E-state index contributed by atoms with van der Waals surface area (Å²) in [6, 6.07) is 2.92. The fourth-order valence-corrected chi connectivity index (χ4v) is 4.31. The molecular formula is C22H17F5N8O. The van der Waals surface area contributed by atoms with Crippen LogP contribution < -0.4 is 5.56 Å². The number of rotatable bonds is 5. The van der Waals surface area contributed by atoms with Gasteiger partial charge in [0.25, 0.3) is 12.0 Å². The summed E-state index contributed by atoms with van der Waals surface area (Å²) in [6.07, 6.45) is -2.60. The van der Waals surface area contributed by atoms with E-state index in [1.807, 2.05) is 6.07 Å². The largest absolute Gasteiger partial charge is 0.433 e. The lowest BCUT2D eigenvalue weighted by molar-refractivity contribution is -0.141. The first-order chi connectivity index (χ1) is 17.1. The third-order valence-corrected chi connectivity index (χ3v) is 6.41. The number of fused-ring (bicyclic) bond motifs is 1. The summed E-state index contributed by atoms with van der Waals surface area (Å²) in [5.74, 6) is -0.0503. The smallest absolute Gasteiger partial charge is 0.309 e. The molecule has 3 unspecified atom stereocenters. The Kier molecular flexibility index (Phi) is 5.57. The summed E-state index contributed by atoms with van der Waals surface area (Å²) in [7, 11) is 0. The summed E-state index contributed by atoms with van der Waals surface area (Å²) in [6.45, 7) is 1.63. The molecule has 186 valence electrons. The van der Waals surface area contributed by atoms with Gasteiger partial charge in [-0.15, -0.1) is 0 Å². The van der Waals surface area contributed by atoms with E-state index < -0.39 is 29.9 Å². The molecule has 1 aliphatic rings. The van der Waals surface area contributed by atoms with Crippen molar-refractivity contribution in [1.82, 2.24) is 34.5 Å². The van der Waals surface area contributed by atoms with Crippen LogP contribution in [-0.4, -0.2) is 34.5 Å². The van der Waals surface area contributed by atoms with E-state index in [1.54, 1.807) is 6.92 Å². The fraction of sp³-hybridized carbons (Fsp3) is 0.364. The Morgan fingerprint density at radius 1 is 1.19 bits per heavy atom. The van der Waals surface area contributed by atoms with Gasteiger partial charge in [-0.3, -0.25) is 14.5 Å². The molecule has 0 spiro atoms. The Morgan fingerprint density at radius 2 is 1.97 bits per heavy atom. The molecule has 0 saturated heterocycles. The molecule has 0 aliphatic heterocycles. The average Bonchev–Trinajstić information content (AvgIpc) is 3.43. The number of hydrogen-bond donors (Lipinski definition) is 1. The molecule has 1 saturated carbocycles. The molecule has 4 heterocycles. The Hall–Kier alpha value is -4.15. The highest BCUT2D eigenvalue weighted by molar-refractivity contribution is 5.80. The summed E-state index contributed by atoms with van der Waals surface area (Å²) in [5, 5.41) is 17.7. The maximum Gasteiger partial charge on any atom is 0.433 e. The van der Waals surface area contributed by atoms with Crippen LogP contribution in [0.5, 0.6) is 0 Å². The van der Waals surface area contributed by atoms with Crippen LogP contribution in [0.25, 0.3) is 11.0 Å². The molecule has 5 rings (SSSR count). The minimum Gasteiger partial charge on any atom is -0.309 e. The number of aromatic amines is 1. The van der Waals surface area contributed by atoms with Crippen molar-refractivity contribution < 1.29 is 22.0 Å². The fourth-order valence-electron chi connectivity index (χ4n) is 4.31. The van der Waals surface area contributed by atoms with E-state index in [0.29, 0.717) is 18.4 Å². The van der Waals surface area contributed by atoms with Crippen LogP contribution in [0.2, 0.25) is 0 Å². The molecule has 1 N–H and O–H groups in total. The van der Waals surface area contributed by atoms with Crippen molar-refractivity contribution >= 4 is 11.0 Å². The van der Waals surface area contributed by atoms with Crippen molar-refractivity contribution in [2.45, 2.75) is 50.4 Å². The molecule has 3 atom stereocenters. The molecule has 4 aromatic rings. The second-order valence-corrected chi connectivity index (χ2v) is 8.51. The summed E-state index contributed by atoms with van der Waals surface area (Å²) < 4.78 is 67.4. The molecule has 1 aliphatic carbocycles. The van der Waals surface area contributed by atoms with Crippen LogP contribution in [0.15, 0.2) is 35.5 Å². The van der Waals surface area contributed by atoms with Crippen LogP contribution in [0.1, 0.15) is 72.5 Å². The van der Waals surface area contributed by atoms with Gasteiger partial charge in [0.1, 0.15) is 23.0 Å². The SMILES string of the molecule is CC(c1ccc(C(F)(F)F)nc1)n1nc(C#N)c2c(=O)[nH]c(C3CCC3n3cc(C(F)F)cn3)nc21. The lowest BCUT2D eigenvalue weighted by atomic mass is 9.79. The number of H-pyrrole nitrogens is 1. The number of alkyl halides is 5. The highest BCUT2D eigenvalue weighted by atomic mass is 19.4. The lowest BCUT2D eigenvalue weighted by Gasteiger charge is -2.35. The zero-order chi connectivity index (χ0) is 25.8. The van der Waals surface area contributed by atoms with Crippen molar-refractivity contribution in [3.8, 4) is 6.07 Å². The first-order valence-electron chi connectivity index (χ1n) is 10.9. The predicted octanol–water partition coefficient (Wildman–Crippen LogP) is 4.27. The van der Waals surface area contributed by atoms with E-state index in [1.165, 1.54) is 21.6 Å². The van der Waals surface area contributed by atoms with Gasteiger partial charge in [0.2, 0.25) is 0 Å². The lowest BCUT2D eigenvalue weighted by Crippen LogP contribution is -2.31. The third-order valence-electron chi connectivity index (χ3n) is 6.41. The van der Waals surface area contributed by atoms with E-state index in [0.717, 1.165) is 18.5 Å². The Bertz CT molecular complexity index is 1530. The van der Waals surface area contributed by atoms with Crippen molar-refractivity contribution in [1.29, 1.82) is 5.26 Å². The van der Waals surface area contributed by atoms with E-state index in [-0.39, 0.29) is 40.1 Å². The van der Waals surface area contributed by atoms with Crippen molar-refractivity contribution in [2.75, 3.05) is 0 Å². The third kappa shape index (κ3) is 3.90. The monoisotopic (exact) mass is 504 g/mol. The highest BCUT2D eigenvalue weighted by Gasteiger charge is 2.37. The van der Waals surface area contributed by atoms with Crippen LogP contribution in [0.4, 0.5) is 22.0 Å². The van der Waals surface area contributed by atoms with Gasteiger partial charge in [0.15, 0.2) is 11.3 Å². The highest BCUT2D eigenvalue weighted by Crippen LogP contribution is 2.44. The van der Waals surface area contributed by atoms with Crippen molar-refractivity contribution in [3.63, 3.8) is 0 Å². The van der Waals surface area contributed by atoms with Crippen LogP contribution in [-0.2, 0) is 6.18 Å². The number of pyridine rings is 1. The maximum atomic E-state index is 13.0. The molecule has 0 bridgehead atoms. The Labute approximate surface area is 199 Å². The van der Waals surface area contributed by atoms with Gasteiger partial charge in [0, 0.05) is 18.3 Å². The molecular weight excluding hydrogens is 487 g/mol. The molecule has 0 amide bonds. The van der Waals surface area contributed by atoms with Gasteiger partial charge in [-0.05, 0) is 31.4 Å². The zero-order valence-corrected chi connectivity index (χ0v) is 18.5. The predicted molar refractivity (Wildman–Crippen MR) is 114 cm³/mol. The van der Waals surface area contributed by atoms with Gasteiger partial charge in [-0.2, -0.15) is 28.6 Å². The second kappa shape index (κ2) is 8.51. The van der Waals surface area contributed by atoms with Crippen molar-refractivity contribution in [3.05, 3.63) is 69.4 Å². The summed E-state index contributed by atoms with van der Waals surface area (Å²) >= 11 is 0. The molecule has 1 fully saturated rings. The quantitative estimate of drug-likeness (QED) is 0.406. The number of aromatic nitrogens is 7. The number of halogens is 5. The van der Waals surface area contributed by atoms with E-state index in [9.17, 15) is 32.0 Å². The van der Waals surface area contributed by atoms with Crippen LogP contribution in [0.3, 0.4) is 0 Å². The summed E-state index contributed by atoms with van der Waals surface area (Å²) in [4.78, 5) is 23.6. The van der Waals surface area contributed by atoms with Crippen LogP contribution >= 0.6 is 0 Å². The minimum absolute atomic E-state index is 0.0529. The molecule has 36 heavy (non-hydrogen) atoms. The van der Waals surface area contributed by atoms with Gasteiger partial charge in [-0.1, -0.05) is 6.07 Å². The molecule has 0 aromatic carbocycles.